The molecule has 0 rings (SSSR count). The highest BCUT2D eigenvalue weighted by Gasteiger charge is 2.30. The summed E-state index contributed by atoms with van der Waals surface area (Å²) in [7, 11) is 0. The van der Waals surface area contributed by atoms with Crippen molar-refractivity contribution in [3.05, 3.63) is 0 Å². The van der Waals surface area contributed by atoms with Crippen molar-refractivity contribution in [2.24, 2.45) is 11.7 Å². The molecule has 2 amide bonds. The van der Waals surface area contributed by atoms with Gasteiger partial charge in [0.15, 0.2) is 0 Å². The fourth-order valence-corrected chi connectivity index (χ4v) is 2.07. The molecule has 6 N–H and O–H groups in total. The smallest absolute Gasteiger partial charge is 0.327 e. The molecular weight excluding hydrogens is 338 g/mol. The van der Waals surface area contributed by atoms with E-state index in [1.54, 1.807) is 6.92 Å². The van der Waals surface area contributed by atoms with E-state index in [0.717, 1.165) is 0 Å². The van der Waals surface area contributed by atoms with Crippen molar-refractivity contribution in [1.82, 2.24) is 10.6 Å². The van der Waals surface area contributed by atoms with Crippen LogP contribution in [0, 0.1) is 5.92 Å². The Morgan fingerprint density at radius 3 is 2.12 bits per heavy atom. The molecule has 138 valence electrons. The predicted octanol–water partition coefficient (Wildman–Crippen LogP) is -0.791. The lowest BCUT2D eigenvalue weighted by atomic mass is 9.97. The van der Waals surface area contributed by atoms with Gasteiger partial charge in [-0.3, -0.25) is 14.4 Å². The highest BCUT2D eigenvalue weighted by Crippen LogP contribution is 2.09. The van der Waals surface area contributed by atoms with E-state index in [2.05, 4.69) is 23.3 Å². The largest absolute Gasteiger partial charge is 0.481 e. The van der Waals surface area contributed by atoms with Gasteiger partial charge in [-0.1, -0.05) is 20.3 Å². The SMILES string of the molecule is CC[C@H](C)[C@H](NC(=O)[C@@H](N)CCC(=O)O)C(=O)N[C@@H](CS)C(=O)O. The number of carbonyl (C=O) groups excluding carboxylic acids is 2. The van der Waals surface area contributed by atoms with Crippen LogP contribution in [-0.2, 0) is 19.2 Å². The van der Waals surface area contributed by atoms with Gasteiger partial charge in [0.05, 0.1) is 6.04 Å². The maximum Gasteiger partial charge on any atom is 0.327 e. The number of carbonyl (C=O) groups is 4. The second-order valence-corrected chi connectivity index (χ2v) is 5.86. The van der Waals surface area contributed by atoms with Gasteiger partial charge in [-0.2, -0.15) is 12.6 Å². The quantitative estimate of drug-likeness (QED) is 0.262. The number of hydrogen-bond acceptors (Lipinski definition) is 6. The van der Waals surface area contributed by atoms with Crippen LogP contribution in [-0.4, -0.2) is 57.8 Å². The summed E-state index contributed by atoms with van der Waals surface area (Å²) in [6.45, 7) is 3.54. The average Bonchev–Trinajstić information content (AvgIpc) is 2.53. The third-order valence-electron chi connectivity index (χ3n) is 3.60. The van der Waals surface area contributed by atoms with Gasteiger partial charge in [-0.15, -0.1) is 0 Å². The average molecular weight is 363 g/mol. The summed E-state index contributed by atoms with van der Waals surface area (Å²) in [6.07, 6.45) is 0.223. The summed E-state index contributed by atoms with van der Waals surface area (Å²) in [5.41, 5.74) is 5.62. The molecule has 24 heavy (non-hydrogen) atoms. The van der Waals surface area contributed by atoms with Crippen LogP contribution in [0.3, 0.4) is 0 Å². The van der Waals surface area contributed by atoms with Crippen LogP contribution in [0.5, 0.6) is 0 Å². The zero-order valence-corrected chi connectivity index (χ0v) is 14.6. The summed E-state index contributed by atoms with van der Waals surface area (Å²) >= 11 is 3.86. The van der Waals surface area contributed by atoms with E-state index in [-0.39, 0.29) is 24.5 Å². The summed E-state index contributed by atoms with van der Waals surface area (Å²) in [5, 5.41) is 22.4. The van der Waals surface area contributed by atoms with Crippen LogP contribution in [0.2, 0.25) is 0 Å². The maximum atomic E-state index is 12.3. The molecule has 0 saturated heterocycles. The fourth-order valence-electron chi connectivity index (χ4n) is 1.82. The maximum absolute atomic E-state index is 12.3. The number of nitrogens with one attached hydrogen (secondary N) is 2. The van der Waals surface area contributed by atoms with Crippen LogP contribution >= 0.6 is 12.6 Å². The Morgan fingerprint density at radius 1 is 1.12 bits per heavy atom. The van der Waals surface area contributed by atoms with Crippen LogP contribution in [0.25, 0.3) is 0 Å². The topological polar surface area (TPSA) is 159 Å². The standard InChI is InChI=1S/C14H25N3O6S/c1-3-7(2)11(13(21)16-9(6-24)14(22)23)17-12(20)8(15)4-5-10(18)19/h7-9,11,24H,3-6,15H2,1-2H3,(H,16,21)(H,17,20)(H,18,19)(H,22,23)/t7-,8-,9-,11-/m0/s1. The Balaban J connectivity index is 4.94. The summed E-state index contributed by atoms with van der Waals surface area (Å²) in [5.74, 6) is -3.98. The number of nitrogens with two attached hydrogens (primary N) is 1. The highest BCUT2D eigenvalue weighted by atomic mass is 32.1. The number of carboxylic acids is 2. The number of amides is 2. The minimum absolute atomic E-state index is 0.0651. The molecule has 10 heteroatoms. The van der Waals surface area contributed by atoms with Gasteiger partial charge >= 0.3 is 11.9 Å². The van der Waals surface area contributed by atoms with Gasteiger partial charge in [0, 0.05) is 12.2 Å². The first-order valence-corrected chi connectivity index (χ1v) is 8.19. The second-order valence-electron chi connectivity index (χ2n) is 5.49. The molecule has 4 atom stereocenters. The van der Waals surface area contributed by atoms with E-state index in [0.29, 0.717) is 6.42 Å². The van der Waals surface area contributed by atoms with Gasteiger partial charge < -0.3 is 26.6 Å². The number of hydrogen-bond donors (Lipinski definition) is 6. The van der Waals surface area contributed by atoms with E-state index >= 15 is 0 Å². The molecule has 9 nitrogen and oxygen atoms in total. The zero-order chi connectivity index (χ0) is 18.9. The summed E-state index contributed by atoms with van der Waals surface area (Å²) in [6, 6.07) is -3.22. The number of aliphatic carboxylic acids is 2. The normalized spacial score (nSPS) is 15.7. The van der Waals surface area contributed by atoms with E-state index in [1.165, 1.54) is 0 Å². The van der Waals surface area contributed by atoms with Crippen molar-refractivity contribution >= 4 is 36.4 Å². The van der Waals surface area contributed by atoms with E-state index < -0.39 is 41.9 Å². The van der Waals surface area contributed by atoms with Crippen molar-refractivity contribution in [3.63, 3.8) is 0 Å². The Labute approximate surface area is 145 Å². The Bertz CT molecular complexity index is 473. The van der Waals surface area contributed by atoms with E-state index in [1.807, 2.05) is 6.92 Å². The predicted molar refractivity (Wildman–Crippen MR) is 89.7 cm³/mol. The first-order valence-electron chi connectivity index (χ1n) is 7.55. The lowest BCUT2D eigenvalue weighted by Crippen LogP contribution is -2.57. The third-order valence-corrected chi connectivity index (χ3v) is 3.96. The lowest BCUT2D eigenvalue weighted by Gasteiger charge is -2.26. The number of thiol groups is 1. The molecule has 0 aliphatic rings. The third kappa shape index (κ3) is 7.64. The van der Waals surface area contributed by atoms with Crippen molar-refractivity contribution in [2.75, 3.05) is 5.75 Å². The molecule has 0 radical (unpaired) electrons. The Hall–Kier alpha value is -1.81. The molecule has 0 heterocycles. The molecule has 0 spiro atoms. The van der Waals surface area contributed by atoms with Gasteiger partial charge in [-0.05, 0) is 12.3 Å². The Morgan fingerprint density at radius 2 is 1.71 bits per heavy atom. The van der Waals surface area contributed by atoms with E-state index in [4.69, 9.17) is 15.9 Å². The van der Waals surface area contributed by atoms with Crippen LogP contribution < -0.4 is 16.4 Å². The Kier molecular flexibility index (Phi) is 10.0. The first kappa shape index (κ1) is 22.2. The molecule has 0 aromatic heterocycles. The summed E-state index contributed by atoms with van der Waals surface area (Å²) in [4.78, 5) is 45.8. The summed E-state index contributed by atoms with van der Waals surface area (Å²) < 4.78 is 0. The molecule has 0 fully saturated rings. The van der Waals surface area contributed by atoms with Gasteiger partial charge in [-0.25, -0.2) is 4.79 Å². The minimum Gasteiger partial charge on any atom is -0.481 e. The van der Waals surface area contributed by atoms with E-state index in [9.17, 15) is 19.2 Å². The molecular formula is C14H25N3O6S. The molecule has 0 saturated carbocycles. The molecule has 0 aromatic carbocycles. The molecule has 0 aliphatic carbocycles. The second kappa shape index (κ2) is 10.9. The fraction of sp³-hybridized carbons (Fsp3) is 0.714. The van der Waals surface area contributed by atoms with Crippen molar-refractivity contribution < 1.29 is 29.4 Å². The molecule has 0 aliphatic heterocycles. The van der Waals surface area contributed by atoms with Crippen LogP contribution in [0.4, 0.5) is 0 Å². The van der Waals surface area contributed by atoms with Gasteiger partial charge in [0.2, 0.25) is 11.8 Å². The van der Waals surface area contributed by atoms with Crippen molar-refractivity contribution in [3.8, 4) is 0 Å². The molecule has 0 aromatic rings. The lowest BCUT2D eigenvalue weighted by molar-refractivity contribution is -0.141. The minimum atomic E-state index is -1.23. The number of carboxylic acid groups (broad SMARTS) is 2. The van der Waals surface area contributed by atoms with Crippen molar-refractivity contribution in [1.29, 1.82) is 0 Å². The van der Waals surface area contributed by atoms with Gasteiger partial charge in [0.25, 0.3) is 0 Å². The number of rotatable bonds is 11. The molecule has 0 unspecified atom stereocenters. The van der Waals surface area contributed by atoms with Crippen molar-refractivity contribution in [2.45, 2.75) is 51.2 Å². The zero-order valence-electron chi connectivity index (χ0n) is 13.7. The van der Waals surface area contributed by atoms with Crippen LogP contribution in [0.1, 0.15) is 33.1 Å². The van der Waals surface area contributed by atoms with Crippen LogP contribution in [0.15, 0.2) is 0 Å². The monoisotopic (exact) mass is 363 g/mol. The van der Waals surface area contributed by atoms with Gasteiger partial charge in [0.1, 0.15) is 12.1 Å². The first-order chi connectivity index (χ1) is 11.1. The molecule has 0 bridgehead atoms. The highest BCUT2D eigenvalue weighted by molar-refractivity contribution is 7.80.